The van der Waals surface area contributed by atoms with Crippen molar-refractivity contribution in [1.82, 2.24) is 9.80 Å². The molecule has 0 radical (unpaired) electrons. The molecule has 0 spiro atoms. The molecule has 0 aromatic heterocycles. The Balaban J connectivity index is 1.94. The molecule has 20 heavy (non-hydrogen) atoms. The first-order valence-corrected chi connectivity index (χ1v) is 7.89. The summed E-state index contributed by atoms with van der Waals surface area (Å²) in [5.41, 5.74) is 5.80. The number of piperidine rings is 1. The molecule has 2 saturated heterocycles. The lowest BCUT2D eigenvalue weighted by Crippen LogP contribution is -2.52. The molecule has 2 heterocycles. The number of carbonyl (C=O) groups excluding carboxylic acids is 2. The molecule has 2 amide bonds. The minimum atomic E-state index is 0.0719. The SMILES string of the molecule is CC1CCN(C(=O)CN2CCCCCC2=O)C(CN)C1. The predicted octanol–water partition coefficient (Wildman–Crippen LogP) is 0.975. The lowest BCUT2D eigenvalue weighted by atomic mass is 9.92. The van der Waals surface area contributed by atoms with E-state index in [1.807, 2.05) is 4.90 Å². The summed E-state index contributed by atoms with van der Waals surface area (Å²) >= 11 is 0. The van der Waals surface area contributed by atoms with Crippen molar-refractivity contribution >= 4 is 11.8 Å². The second kappa shape index (κ2) is 7.07. The molecular weight excluding hydrogens is 254 g/mol. The summed E-state index contributed by atoms with van der Waals surface area (Å²) in [5.74, 6) is 0.834. The van der Waals surface area contributed by atoms with Crippen LogP contribution in [0, 0.1) is 5.92 Å². The van der Waals surface area contributed by atoms with E-state index in [2.05, 4.69) is 6.92 Å². The molecule has 2 fully saturated rings. The van der Waals surface area contributed by atoms with Crippen LogP contribution in [0.25, 0.3) is 0 Å². The monoisotopic (exact) mass is 281 g/mol. The third kappa shape index (κ3) is 3.72. The van der Waals surface area contributed by atoms with Gasteiger partial charge in [-0.3, -0.25) is 9.59 Å². The first kappa shape index (κ1) is 15.3. The summed E-state index contributed by atoms with van der Waals surface area (Å²) < 4.78 is 0. The van der Waals surface area contributed by atoms with E-state index >= 15 is 0 Å². The van der Waals surface area contributed by atoms with Crippen LogP contribution >= 0.6 is 0 Å². The van der Waals surface area contributed by atoms with Gasteiger partial charge in [-0.1, -0.05) is 13.3 Å². The van der Waals surface area contributed by atoms with Crippen LogP contribution in [0.5, 0.6) is 0 Å². The summed E-state index contributed by atoms with van der Waals surface area (Å²) in [6.45, 7) is 4.47. The average molecular weight is 281 g/mol. The number of likely N-dealkylation sites (tertiary alicyclic amines) is 2. The molecule has 5 heteroatoms. The first-order chi connectivity index (χ1) is 9.61. The topological polar surface area (TPSA) is 66.6 Å². The van der Waals surface area contributed by atoms with E-state index in [0.29, 0.717) is 18.9 Å². The second-order valence-electron chi connectivity index (χ2n) is 6.23. The Bertz CT molecular complexity index is 359. The van der Waals surface area contributed by atoms with Crippen molar-refractivity contribution in [2.45, 2.75) is 51.5 Å². The molecule has 0 aromatic rings. The molecule has 0 aliphatic carbocycles. The van der Waals surface area contributed by atoms with E-state index in [4.69, 9.17) is 5.73 Å². The highest BCUT2D eigenvalue weighted by atomic mass is 16.2. The molecule has 5 nitrogen and oxygen atoms in total. The van der Waals surface area contributed by atoms with E-state index in [9.17, 15) is 9.59 Å². The van der Waals surface area contributed by atoms with Crippen LogP contribution in [0.4, 0.5) is 0 Å². The molecule has 2 aliphatic heterocycles. The van der Waals surface area contributed by atoms with Crippen LogP contribution in [0.15, 0.2) is 0 Å². The van der Waals surface area contributed by atoms with E-state index in [1.165, 1.54) is 0 Å². The van der Waals surface area contributed by atoms with Gasteiger partial charge in [-0.15, -0.1) is 0 Å². The highest BCUT2D eigenvalue weighted by molar-refractivity contribution is 5.85. The number of carbonyl (C=O) groups is 2. The lowest BCUT2D eigenvalue weighted by molar-refractivity contribution is -0.142. The fraction of sp³-hybridized carbons (Fsp3) is 0.867. The number of rotatable bonds is 3. The van der Waals surface area contributed by atoms with Gasteiger partial charge in [0.1, 0.15) is 0 Å². The van der Waals surface area contributed by atoms with Crippen LogP contribution in [0.3, 0.4) is 0 Å². The Morgan fingerprint density at radius 2 is 2.10 bits per heavy atom. The smallest absolute Gasteiger partial charge is 0.242 e. The van der Waals surface area contributed by atoms with Gasteiger partial charge >= 0.3 is 0 Å². The van der Waals surface area contributed by atoms with Crippen molar-refractivity contribution in [2.24, 2.45) is 11.7 Å². The maximum Gasteiger partial charge on any atom is 0.242 e. The maximum absolute atomic E-state index is 12.5. The Morgan fingerprint density at radius 1 is 1.30 bits per heavy atom. The average Bonchev–Trinajstić information content (AvgIpc) is 2.64. The molecule has 2 aliphatic rings. The van der Waals surface area contributed by atoms with Gasteiger partial charge in [0.25, 0.3) is 0 Å². The zero-order valence-electron chi connectivity index (χ0n) is 12.5. The molecule has 2 atom stereocenters. The van der Waals surface area contributed by atoms with E-state index in [0.717, 1.165) is 45.2 Å². The van der Waals surface area contributed by atoms with Gasteiger partial charge in [-0.2, -0.15) is 0 Å². The number of hydrogen-bond acceptors (Lipinski definition) is 3. The Morgan fingerprint density at radius 3 is 2.85 bits per heavy atom. The van der Waals surface area contributed by atoms with Crippen LogP contribution in [0.1, 0.15) is 45.4 Å². The van der Waals surface area contributed by atoms with Gasteiger partial charge in [-0.05, 0) is 31.6 Å². The van der Waals surface area contributed by atoms with Gasteiger partial charge in [0.15, 0.2) is 0 Å². The Hall–Kier alpha value is -1.10. The molecule has 2 N–H and O–H groups in total. The molecular formula is C15H27N3O2. The van der Waals surface area contributed by atoms with Gasteiger partial charge < -0.3 is 15.5 Å². The van der Waals surface area contributed by atoms with E-state index in [1.54, 1.807) is 4.90 Å². The van der Waals surface area contributed by atoms with Crippen molar-refractivity contribution in [3.63, 3.8) is 0 Å². The van der Waals surface area contributed by atoms with E-state index < -0.39 is 0 Å². The summed E-state index contributed by atoms with van der Waals surface area (Å²) in [7, 11) is 0. The zero-order chi connectivity index (χ0) is 14.5. The molecule has 114 valence electrons. The number of amides is 2. The lowest BCUT2D eigenvalue weighted by Gasteiger charge is -2.39. The van der Waals surface area contributed by atoms with Gasteiger partial charge in [-0.25, -0.2) is 0 Å². The normalized spacial score (nSPS) is 28.4. The minimum absolute atomic E-state index is 0.0719. The van der Waals surface area contributed by atoms with Gasteiger partial charge in [0.2, 0.25) is 11.8 Å². The third-order valence-electron chi connectivity index (χ3n) is 4.57. The molecule has 2 unspecified atom stereocenters. The summed E-state index contributed by atoms with van der Waals surface area (Å²) in [5, 5.41) is 0. The fourth-order valence-corrected chi connectivity index (χ4v) is 3.26. The summed E-state index contributed by atoms with van der Waals surface area (Å²) in [4.78, 5) is 28.1. The molecule has 2 rings (SSSR count). The number of hydrogen-bond donors (Lipinski definition) is 1. The van der Waals surface area contributed by atoms with Crippen molar-refractivity contribution in [3.05, 3.63) is 0 Å². The van der Waals surface area contributed by atoms with Gasteiger partial charge in [0, 0.05) is 32.1 Å². The maximum atomic E-state index is 12.5. The standard InChI is InChI=1S/C15H27N3O2/c1-12-6-8-18(13(9-12)10-16)15(20)11-17-7-4-2-3-5-14(17)19/h12-13H,2-11,16H2,1H3. The van der Waals surface area contributed by atoms with Crippen LogP contribution in [0.2, 0.25) is 0 Å². The van der Waals surface area contributed by atoms with Crippen LogP contribution in [-0.4, -0.2) is 53.8 Å². The van der Waals surface area contributed by atoms with Crippen molar-refractivity contribution in [3.8, 4) is 0 Å². The van der Waals surface area contributed by atoms with Crippen molar-refractivity contribution < 1.29 is 9.59 Å². The number of nitrogens with two attached hydrogens (primary N) is 1. The zero-order valence-corrected chi connectivity index (χ0v) is 12.5. The van der Waals surface area contributed by atoms with Crippen molar-refractivity contribution in [2.75, 3.05) is 26.2 Å². The summed E-state index contributed by atoms with van der Waals surface area (Å²) in [6, 6.07) is 0.147. The highest BCUT2D eigenvalue weighted by Gasteiger charge is 2.30. The Labute approximate surface area is 121 Å². The largest absolute Gasteiger partial charge is 0.337 e. The highest BCUT2D eigenvalue weighted by Crippen LogP contribution is 2.22. The van der Waals surface area contributed by atoms with Crippen molar-refractivity contribution in [1.29, 1.82) is 0 Å². The third-order valence-corrected chi connectivity index (χ3v) is 4.57. The minimum Gasteiger partial charge on any atom is -0.337 e. The second-order valence-corrected chi connectivity index (χ2v) is 6.23. The molecule has 0 bridgehead atoms. The molecule has 0 aromatic carbocycles. The van der Waals surface area contributed by atoms with Crippen LogP contribution < -0.4 is 5.73 Å². The Kier molecular flexibility index (Phi) is 5.40. The predicted molar refractivity (Wildman–Crippen MR) is 78.0 cm³/mol. The number of nitrogens with zero attached hydrogens (tertiary/aromatic N) is 2. The quantitative estimate of drug-likeness (QED) is 0.838. The molecule has 0 saturated carbocycles. The fourth-order valence-electron chi connectivity index (χ4n) is 3.26. The van der Waals surface area contributed by atoms with Gasteiger partial charge in [0.05, 0.1) is 6.54 Å². The van der Waals surface area contributed by atoms with Crippen LogP contribution in [-0.2, 0) is 9.59 Å². The van der Waals surface area contributed by atoms with E-state index in [-0.39, 0.29) is 24.4 Å². The first-order valence-electron chi connectivity index (χ1n) is 7.89. The summed E-state index contributed by atoms with van der Waals surface area (Å²) in [6.07, 6.45) is 5.66.